The number of fused-ring (bicyclic) bond motifs is 5. The second-order valence-corrected chi connectivity index (χ2v) is 35.2. The van der Waals surface area contributed by atoms with Crippen molar-refractivity contribution in [3.8, 4) is 0 Å². The van der Waals surface area contributed by atoms with Crippen molar-refractivity contribution in [2.75, 3.05) is 6.61 Å². The number of nitrogens with one attached hydrogen (secondary N) is 1. The Balaban J connectivity index is 1.91. The number of ether oxygens (including phenoxy) is 6. The van der Waals surface area contributed by atoms with Crippen molar-refractivity contribution in [2.24, 2.45) is 16.7 Å². The first kappa shape index (κ1) is 63.6. The Morgan fingerprint density at radius 3 is 1.91 bits per heavy atom. The van der Waals surface area contributed by atoms with Crippen LogP contribution in [-0.4, -0.2) is 124 Å². The van der Waals surface area contributed by atoms with Crippen LogP contribution in [0.3, 0.4) is 0 Å². The van der Waals surface area contributed by atoms with E-state index in [1.165, 1.54) is 6.92 Å². The largest absolute Gasteiger partial charge is 0.456 e. The van der Waals surface area contributed by atoms with Crippen LogP contribution in [0.25, 0.3) is 0 Å². The standard InChI is InChI=1S/C59H93NO15Si2/c1-21-45(62)70-48-46-38(13)42(69-53(65)47(75-77(35(7)8,36(9)10)37(11)12)41(30-34(5)6)60-54(66)73-55(15,16)17)32-59(67,56(46,18)19)51(71-52(64)40-28-26-25-27-29-40)49-57(20,50(48)63)43(74-76(22-2,23-3)24-4)31-44-58(49,33-68-44)72-39(14)61/h25-30,35-37,41-44,47-49,51,67H,21-24,31-33H2,1-20H3,(H,60,66)/t41-,42-,43-,44+,47+,48+,49-,51-,57+,58-,59+/m0/s1. The van der Waals surface area contributed by atoms with Crippen LogP contribution in [0, 0.1) is 16.7 Å². The van der Waals surface area contributed by atoms with Crippen molar-refractivity contribution >= 4 is 52.4 Å². The number of hydrogen-bond acceptors (Lipinski definition) is 15. The van der Waals surface area contributed by atoms with E-state index in [1.54, 1.807) is 91.8 Å². The summed E-state index contributed by atoms with van der Waals surface area (Å²) in [6, 6.07) is 9.20. The molecule has 2 bridgehead atoms. The first-order chi connectivity index (χ1) is 35.6. The number of alkyl carbamates (subject to hydrolysis) is 1. The smallest absolute Gasteiger partial charge is 0.408 e. The highest BCUT2D eigenvalue weighted by molar-refractivity contribution is 6.77. The van der Waals surface area contributed by atoms with Gasteiger partial charge in [0, 0.05) is 31.6 Å². The molecule has 77 heavy (non-hydrogen) atoms. The Morgan fingerprint density at radius 1 is 0.870 bits per heavy atom. The number of aliphatic hydroxyl groups is 1. The van der Waals surface area contributed by atoms with Gasteiger partial charge in [-0.3, -0.25) is 14.4 Å². The van der Waals surface area contributed by atoms with E-state index >= 15 is 9.59 Å². The van der Waals surface area contributed by atoms with Gasteiger partial charge in [0.1, 0.15) is 29.5 Å². The van der Waals surface area contributed by atoms with E-state index in [1.807, 2.05) is 13.8 Å². The zero-order chi connectivity index (χ0) is 58.2. The molecule has 0 aromatic heterocycles. The van der Waals surface area contributed by atoms with Crippen molar-refractivity contribution in [3.63, 3.8) is 0 Å². The molecule has 3 fully saturated rings. The van der Waals surface area contributed by atoms with E-state index in [9.17, 15) is 24.3 Å². The minimum absolute atomic E-state index is 0.0281. The maximum absolute atomic E-state index is 16.7. The summed E-state index contributed by atoms with van der Waals surface area (Å²) in [7, 11) is -5.68. The molecule has 11 atom stereocenters. The van der Waals surface area contributed by atoms with Crippen molar-refractivity contribution in [3.05, 3.63) is 58.7 Å². The first-order valence-corrected chi connectivity index (χ1v) is 32.7. The molecule has 2 saturated carbocycles. The van der Waals surface area contributed by atoms with Crippen LogP contribution in [0.4, 0.5) is 4.79 Å². The quantitative estimate of drug-likeness (QED) is 0.0539. The van der Waals surface area contributed by atoms with Crippen LogP contribution in [0.1, 0.15) is 168 Å². The Kier molecular flexibility index (Phi) is 19.7. The summed E-state index contributed by atoms with van der Waals surface area (Å²) >= 11 is 0. The molecule has 1 aromatic rings. The number of carbonyl (C=O) groups excluding carboxylic acids is 6. The average molecular weight is 1110 g/mol. The maximum Gasteiger partial charge on any atom is 0.408 e. The molecule has 5 rings (SSSR count). The molecule has 1 saturated heterocycles. The van der Waals surface area contributed by atoms with Crippen LogP contribution in [-0.2, 0) is 56.5 Å². The number of amides is 1. The zero-order valence-corrected chi connectivity index (χ0v) is 51.9. The van der Waals surface area contributed by atoms with Gasteiger partial charge >= 0.3 is 30.0 Å². The summed E-state index contributed by atoms with van der Waals surface area (Å²) < 4.78 is 53.3. The molecule has 16 nitrogen and oxygen atoms in total. The van der Waals surface area contributed by atoms with E-state index in [2.05, 4.69) is 67.6 Å². The maximum atomic E-state index is 16.7. The summed E-state index contributed by atoms with van der Waals surface area (Å²) in [6.07, 6.45) is -7.73. The molecule has 1 aliphatic heterocycles. The van der Waals surface area contributed by atoms with Gasteiger partial charge in [0.25, 0.3) is 0 Å². The SMILES string of the molecule is CCC(=O)O[C@H]1C(=O)[C@]2(C)[C@@H](O[Si](CC)(CC)CC)C[C@H]3OC[C@@]3(OC(C)=O)[C@H]2[C@H](OC(=O)c2ccccc2)[C@]2(O)C[C@H](OC(=O)[C@H](O[Si](C(C)C)(C(C)C)C(C)C)[C@H](C=C(C)C)NC(=O)OC(C)(C)C)C(C)=C1C2(C)C. The second-order valence-electron chi connectivity index (χ2n) is 25.0. The summed E-state index contributed by atoms with van der Waals surface area (Å²) in [5.74, 6) is -5.19. The number of esters is 4. The third-order valence-corrected chi connectivity index (χ3v) is 28.5. The highest BCUT2D eigenvalue weighted by atomic mass is 28.4. The Labute approximate surface area is 461 Å². The summed E-state index contributed by atoms with van der Waals surface area (Å²) in [6.45, 7) is 36.9. The van der Waals surface area contributed by atoms with Crippen LogP contribution < -0.4 is 5.32 Å². The van der Waals surface area contributed by atoms with Gasteiger partial charge in [-0.25, -0.2) is 14.4 Å². The number of benzene rings is 1. The predicted octanol–water partition coefficient (Wildman–Crippen LogP) is 11.0. The van der Waals surface area contributed by atoms with Gasteiger partial charge in [0.05, 0.1) is 35.6 Å². The van der Waals surface area contributed by atoms with Crippen molar-refractivity contribution in [1.29, 1.82) is 0 Å². The van der Waals surface area contributed by atoms with Crippen molar-refractivity contribution in [2.45, 2.75) is 252 Å². The third-order valence-electron chi connectivity index (χ3n) is 17.8. The molecule has 18 heteroatoms. The molecular formula is C59H93NO15Si2. The normalized spacial score (nSPS) is 28.9. The minimum atomic E-state index is -3.02. The van der Waals surface area contributed by atoms with Gasteiger partial charge in [-0.2, -0.15) is 0 Å². The fraction of sp³-hybridized carbons (Fsp3) is 0.729. The monoisotopic (exact) mass is 1110 g/mol. The Hall–Kier alpha value is -4.21. The van der Waals surface area contributed by atoms with Gasteiger partial charge < -0.3 is 47.7 Å². The number of Topliss-reactive ketones (excluding diaryl/α,β-unsaturated/α-hetero) is 1. The highest BCUT2D eigenvalue weighted by Crippen LogP contribution is 2.65. The van der Waals surface area contributed by atoms with Crippen LogP contribution in [0.5, 0.6) is 0 Å². The van der Waals surface area contributed by atoms with Gasteiger partial charge in [0.2, 0.25) is 8.32 Å². The highest BCUT2D eigenvalue weighted by Gasteiger charge is 2.79. The Bertz CT molecular complexity index is 2370. The molecule has 0 spiro atoms. The lowest BCUT2D eigenvalue weighted by Gasteiger charge is -2.68. The number of rotatable bonds is 20. The molecule has 1 heterocycles. The van der Waals surface area contributed by atoms with E-state index in [4.69, 9.17) is 37.3 Å². The number of carbonyl (C=O) groups is 6. The van der Waals surface area contributed by atoms with Gasteiger partial charge in [-0.05, 0) is 107 Å². The summed E-state index contributed by atoms with van der Waals surface area (Å²) in [4.78, 5) is 88.9. The van der Waals surface area contributed by atoms with Crippen LogP contribution >= 0.6 is 0 Å². The Morgan fingerprint density at radius 2 is 1.44 bits per heavy atom. The second kappa shape index (κ2) is 23.9. The van der Waals surface area contributed by atoms with Crippen LogP contribution in [0.2, 0.25) is 34.8 Å². The van der Waals surface area contributed by atoms with Gasteiger partial charge in [-0.1, -0.05) is 113 Å². The summed E-state index contributed by atoms with van der Waals surface area (Å²) in [5.41, 5.74) is -7.11. The van der Waals surface area contributed by atoms with Crippen LogP contribution in [0.15, 0.2) is 53.1 Å². The molecule has 0 unspecified atom stereocenters. The van der Waals surface area contributed by atoms with E-state index in [0.717, 1.165) is 5.57 Å². The van der Waals surface area contributed by atoms with E-state index in [0.29, 0.717) is 23.7 Å². The zero-order valence-electron chi connectivity index (χ0n) is 49.9. The topological polar surface area (TPSA) is 209 Å². The van der Waals surface area contributed by atoms with Crippen molar-refractivity contribution in [1.82, 2.24) is 5.32 Å². The molecule has 1 aromatic carbocycles. The number of hydrogen-bond donors (Lipinski definition) is 2. The molecule has 1 amide bonds. The number of allylic oxidation sites excluding steroid dienone is 1. The fourth-order valence-electron chi connectivity index (χ4n) is 13.6. The lowest BCUT2D eigenvalue weighted by atomic mass is 9.44. The molecule has 432 valence electrons. The molecule has 2 N–H and O–H groups in total. The average Bonchev–Trinajstić information content (AvgIpc) is 3.32. The molecule has 0 radical (unpaired) electrons. The predicted molar refractivity (Wildman–Crippen MR) is 298 cm³/mol. The van der Waals surface area contributed by atoms with E-state index in [-0.39, 0.29) is 47.2 Å². The van der Waals surface area contributed by atoms with E-state index < -0.39 is 135 Å². The fourth-order valence-corrected chi connectivity index (χ4v) is 22.1. The van der Waals surface area contributed by atoms with Crippen molar-refractivity contribution < 1.29 is 71.1 Å². The summed E-state index contributed by atoms with van der Waals surface area (Å²) in [5, 5.41) is 17.4. The lowest BCUT2D eigenvalue weighted by Crippen LogP contribution is -2.82. The minimum Gasteiger partial charge on any atom is -0.456 e. The lowest BCUT2D eigenvalue weighted by molar-refractivity contribution is -0.344. The molecular weight excluding hydrogens is 1020 g/mol. The van der Waals surface area contributed by atoms with Gasteiger partial charge in [-0.15, -0.1) is 0 Å². The molecule has 3 aliphatic carbocycles. The third kappa shape index (κ3) is 12.0. The van der Waals surface area contributed by atoms with Gasteiger partial charge in [0.15, 0.2) is 31.9 Å². The molecule has 4 aliphatic rings. The first-order valence-electron chi connectivity index (χ1n) is 28.1. The number of ketones is 1.